The molecule has 0 saturated carbocycles. The number of allylic oxidation sites excluding steroid dienone is 1. The Morgan fingerprint density at radius 1 is 0.985 bits per heavy atom. The first-order valence-electron chi connectivity index (χ1n) is 22.9. The number of sulfone groups is 1. The van der Waals surface area contributed by atoms with Crippen LogP contribution < -0.4 is 10.0 Å². The molecule has 7 rings (SSSR count). The van der Waals surface area contributed by atoms with Gasteiger partial charge in [0.25, 0.3) is 19.9 Å². The van der Waals surface area contributed by atoms with E-state index >= 15 is 0 Å². The number of hydrogen-bond acceptors (Lipinski definition) is 11. The number of anilines is 2. The van der Waals surface area contributed by atoms with E-state index in [1.54, 1.807) is 0 Å². The molecule has 0 spiro atoms. The lowest BCUT2D eigenvalue weighted by atomic mass is 9.72. The number of nitrogens with one attached hydrogen (secondary N) is 2. The van der Waals surface area contributed by atoms with Crippen LogP contribution in [0.25, 0.3) is 5.57 Å². The van der Waals surface area contributed by atoms with Crippen LogP contribution in [0.4, 0.5) is 24.7 Å². The Labute approximate surface area is 399 Å². The molecule has 1 saturated heterocycles. The van der Waals surface area contributed by atoms with Gasteiger partial charge in [0.1, 0.15) is 17.0 Å². The topological polar surface area (TPSA) is 128 Å². The fourth-order valence-corrected chi connectivity index (χ4v) is 12.0. The van der Waals surface area contributed by atoms with Crippen molar-refractivity contribution in [3.05, 3.63) is 107 Å². The van der Waals surface area contributed by atoms with Gasteiger partial charge in [-0.2, -0.15) is 13.2 Å². The van der Waals surface area contributed by atoms with E-state index in [1.807, 2.05) is 63.4 Å². The van der Waals surface area contributed by atoms with Crippen molar-refractivity contribution in [2.45, 2.75) is 117 Å². The number of halogens is 4. The van der Waals surface area contributed by atoms with Gasteiger partial charge in [0.15, 0.2) is 0 Å². The Balaban J connectivity index is 1.06. The Hall–Kier alpha value is -3.71. The van der Waals surface area contributed by atoms with E-state index in [1.165, 1.54) is 34.8 Å². The lowest BCUT2D eigenvalue weighted by molar-refractivity contribution is -0.0435. The molecule has 3 heterocycles. The lowest BCUT2D eigenvalue weighted by Gasteiger charge is -2.41. The van der Waals surface area contributed by atoms with Crippen molar-refractivity contribution < 1.29 is 31.4 Å². The number of rotatable bonds is 17. The summed E-state index contributed by atoms with van der Waals surface area (Å²) in [5.41, 5.74) is -0.780. The van der Waals surface area contributed by atoms with Crippen molar-refractivity contribution in [3.8, 4) is 0 Å². The fraction of sp³-hybridized carbons (Fsp3) is 0.500. The van der Waals surface area contributed by atoms with Gasteiger partial charge in [-0.3, -0.25) is 14.5 Å². The third-order valence-electron chi connectivity index (χ3n) is 13.0. The summed E-state index contributed by atoms with van der Waals surface area (Å²) in [7, 11) is -8.76. The lowest BCUT2D eigenvalue weighted by Crippen LogP contribution is -2.47. The molecule has 0 bridgehead atoms. The van der Waals surface area contributed by atoms with Gasteiger partial charge in [0.2, 0.25) is 0 Å². The largest absolute Gasteiger partial charge is 0.501 e. The van der Waals surface area contributed by atoms with Gasteiger partial charge in [-0.25, -0.2) is 26.8 Å². The number of likely N-dealkylation sites (tertiary alicyclic amines) is 1. The highest BCUT2D eigenvalue weighted by molar-refractivity contribution is 7.99. The van der Waals surface area contributed by atoms with Crippen LogP contribution in [-0.2, 0) is 32.8 Å². The number of piperidine rings is 1. The summed E-state index contributed by atoms with van der Waals surface area (Å²) < 4.78 is 109. The molecule has 2 N–H and O–H groups in total. The van der Waals surface area contributed by atoms with Crippen LogP contribution in [0.5, 0.6) is 0 Å². The first kappa shape index (κ1) is 48.7. The van der Waals surface area contributed by atoms with Gasteiger partial charge >= 0.3 is 5.51 Å². The number of thioether (sulfide) groups is 1. The molecular formula is C48H61ClF3N7O4S3. The van der Waals surface area contributed by atoms with Gasteiger partial charge in [-0.15, -0.1) is 11.8 Å². The number of alkyl halides is 3. The average molecular weight is 990 g/mol. The fourth-order valence-electron chi connectivity index (χ4n) is 8.80. The molecule has 0 amide bonds. The third-order valence-corrected chi connectivity index (χ3v) is 17.3. The van der Waals surface area contributed by atoms with Crippen LogP contribution >= 0.6 is 23.4 Å². The number of nitrogens with zero attached hydrogens (tertiary/aromatic N) is 5. The van der Waals surface area contributed by atoms with E-state index in [9.17, 15) is 31.4 Å². The molecule has 3 aromatic carbocycles. The van der Waals surface area contributed by atoms with E-state index in [-0.39, 0.29) is 29.5 Å². The van der Waals surface area contributed by atoms with Gasteiger partial charge in [0, 0.05) is 66.9 Å². The number of fused-ring (bicyclic) bond motifs is 1. The van der Waals surface area contributed by atoms with Crippen LogP contribution in [0.3, 0.4) is 0 Å². The van der Waals surface area contributed by atoms with Crippen LogP contribution in [0, 0.1) is 5.41 Å². The Morgan fingerprint density at radius 2 is 1.70 bits per heavy atom. The summed E-state index contributed by atoms with van der Waals surface area (Å²) in [6.07, 6.45) is 6.33. The molecule has 2 aliphatic heterocycles. The summed E-state index contributed by atoms with van der Waals surface area (Å²) in [6.45, 7) is 12.3. The summed E-state index contributed by atoms with van der Waals surface area (Å²) in [5, 5.41) is 3.75. The van der Waals surface area contributed by atoms with Crippen molar-refractivity contribution in [2.24, 2.45) is 5.41 Å². The molecule has 1 aliphatic carbocycles. The zero-order valence-electron chi connectivity index (χ0n) is 39.2. The zero-order chi connectivity index (χ0) is 48.4. The van der Waals surface area contributed by atoms with E-state index < -0.39 is 47.2 Å². The van der Waals surface area contributed by atoms with Crippen molar-refractivity contribution in [2.75, 3.05) is 55.6 Å². The summed E-state index contributed by atoms with van der Waals surface area (Å²) in [6, 6.07) is 19.1. The Kier molecular flexibility index (Phi) is 15.4. The molecule has 66 heavy (non-hydrogen) atoms. The van der Waals surface area contributed by atoms with Gasteiger partial charge < -0.3 is 10.2 Å². The van der Waals surface area contributed by atoms with Crippen LogP contribution in [0.15, 0.2) is 99.4 Å². The Bertz CT molecular complexity index is 2630. The summed E-state index contributed by atoms with van der Waals surface area (Å²) >= 11 is 7.70. The number of sulfonamides is 1. The quantitative estimate of drug-likeness (QED) is 0.0982. The van der Waals surface area contributed by atoms with E-state index in [0.29, 0.717) is 66.9 Å². The molecular weight excluding hydrogens is 927 g/mol. The predicted octanol–water partition coefficient (Wildman–Crippen LogP) is 10.0. The molecule has 18 heteroatoms. The molecule has 11 nitrogen and oxygen atoms in total. The number of hydrogen-bond donors (Lipinski definition) is 2. The normalized spacial score (nSPS) is 19.1. The Morgan fingerprint density at radius 3 is 2.38 bits per heavy atom. The van der Waals surface area contributed by atoms with E-state index in [0.717, 1.165) is 55.9 Å². The smallest absolute Gasteiger partial charge is 0.380 e. The summed E-state index contributed by atoms with van der Waals surface area (Å²) in [5.74, 6) is 0.344. The van der Waals surface area contributed by atoms with Gasteiger partial charge in [-0.1, -0.05) is 61.4 Å². The second kappa shape index (κ2) is 20.9. The van der Waals surface area contributed by atoms with E-state index in [4.69, 9.17) is 11.6 Å². The maximum Gasteiger partial charge on any atom is 0.501 e. The molecule has 1 fully saturated rings. The van der Waals surface area contributed by atoms with Crippen molar-refractivity contribution in [3.63, 3.8) is 0 Å². The SMILES string of the molecule is [2H]C1(N2CCc3c(ncnc3NS(=O)(=O)c3ccc(N[C@H](CCN(C)C(C)C)CSc4ccccc4)c(S(=O)(=O)C(F)(F)F)c3)C2)CCN(CC2=C(c3ccc(Cl)cc3)CC(C)(C)CC2)CC1. The predicted molar refractivity (Wildman–Crippen MR) is 259 cm³/mol. The van der Waals surface area contributed by atoms with Crippen LogP contribution in [0.1, 0.15) is 84.4 Å². The number of aromatic nitrogens is 2. The number of benzene rings is 3. The van der Waals surface area contributed by atoms with Crippen LogP contribution in [0.2, 0.25) is 5.02 Å². The first-order valence-corrected chi connectivity index (χ1v) is 26.8. The van der Waals surface area contributed by atoms with Crippen molar-refractivity contribution >= 4 is 60.3 Å². The summed E-state index contributed by atoms with van der Waals surface area (Å²) in [4.78, 5) is 14.3. The van der Waals surface area contributed by atoms with Gasteiger partial charge in [-0.05, 0) is 138 Å². The monoisotopic (exact) mass is 988 g/mol. The highest BCUT2D eigenvalue weighted by Gasteiger charge is 2.48. The minimum absolute atomic E-state index is 0.0476. The second-order valence-electron chi connectivity index (χ2n) is 18.6. The van der Waals surface area contributed by atoms with Crippen molar-refractivity contribution in [1.82, 2.24) is 24.7 Å². The standard InChI is InChI=1S/C48H61ClF3N7O4S3/c1-33(2)57(5)23-18-37(31-64-39-9-7-6-8-10-39)55-43-16-15-40(27-45(43)65(60,61)48(50,51)52)66(62,63)56-46-41-21-26-59(30-44(41)53-32-54-46)38-19-24-58(25-20-38)29-35-17-22-47(3,4)28-42(35)34-11-13-36(49)14-12-34/h6-16,27,32-33,37-38,55H,17-26,28-31H2,1-5H3,(H,53,54,56)/t37-/m1/s1/i38D. The minimum atomic E-state index is -6.02. The highest BCUT2D eigenvalue weighted by atomic mass is 35.5. The molecule has 1 aromatic heterocycles. The molecule has 4 aromatic rings. The van der Waals surface area contributed by atoms with Gasteiger partial charge in [0.05, 0.1) is 16.3 Å². The zero-order valence-corrected chi connectivity index (χ0v) is 41.4. The molecule has 0 radical (unpaired) electrons. The maximum absolute atomic E-state index is 14.3. The van der Waals surface area contributed by atoms with Crippen molar-refractivity contribution in [1.29, 1.82) is 0 Å². The molecule has 3 aliphatic rings. The van der Waals surface area contributed by atoms with Crippen LogP contribution in [-0.4, -0.2) is 111 Å². The average Bonchev–Trinajstić information content (AvgIpc) is 3.28. The molecule has 1 atom stereocenters. The first-order chi connectivity index (χ1) is 31.5. The third kappa shape index (κ3) is 12.3. The molecule has 358 valence electrons. The highest BCUT2D eigenvalue weighted by Crippen LogP contribution is 2.44. The minimum Gasteiger partial charge on any atom is -0.380 e. The second-order valence-corrected chi connectivity index (χ2v) is 23.8. The van der Waals surface area contributed by atoms with E-state index in [2.05, 4.69) is 60.7 Å². The molecule has 0 unspecified atom stereocenters. The maximum atomic E-state index is 14.3.